The molecule has 0 bridgehead atoms. The minimum absolute atomic E-state index is 0.104. The summed E-state index contributed by atoms with van der Waals surface area (Å²) in [6, 6.07) is 4.69. The van der Waals surface area contributed by atoms with Gasteiger partial charge in [0.15, 0.2) is 0 Å². The number of aromatic nitrogens is 3. The van der Waals surface area contributed by atoms with E-state index in [4.69, 9.17) is 0 Å². The number of nitrogens with one attached hydrogen (secondary N) is 2. The predicted octanol–water partition coefficient (Wildman–Crippen LogP) is 3.16. The largest absolute Gasteiger partial charge is 0.393 e. The molecule has 1 atom stereocenters. The molecule has 8 heteroatoms. The normalized spacial score (nSPS) is 21.2. The first-order valence-electron chi connectivity index (χ1n) is 8.84. The SMILES string of the molecule is C[C@H](F)CNc1ncc(-c2cccc(F)n2)c(NC2CCC(O)CC2)n1. The average molecular weight is 363 g/mol. The number of rotatable bonds is 6. The Balaban J connectivity index is 1.87. The Morgan fingerprint density at radius 2 is 2.00 bits per heavy atom. The van der Waals surface area contributed by atoms with Gasteiger partial charge < -0.3 is 15.7 Å². The Morgan fingerprint density at radius 3 is 2.69 bits per heavy atom. The van der Waals surface area contributed by atoms with Crippen molar-refractivity contribution in [2.75, 3.05) is 17.2 Å². The maximum atomic E-state index is 13.5. The van der Waals surface area contributed by atoms with Crippen LogP contribution in [0.5, 0.6) is 0 Å². The van der Waals surface area contributed by atoms with Crippen LogP contribution in [0.15, 0.2) is 24.4 Å². The predicted molar refractivity (Wildman–Crippen MR) is 96.2 cm³/mol. The van der Waals surface area contributed by atoms with Gasteiger partial charge in [-0.2, -0.15) is 9.37 Å². The fraction of sp³-hybridized carbons (Fsp3) is 0.500. The van der Waals surface area contributed by atoms with Crippen molar-refractivity contribution >= 4 is 11.8 Å². The molecule has 3 rings (SSSR count). The number of nitrogens with zero attached hydrogens (tertiary/aromatic N) is 3. The number of alkyl halides is 1. The van der Waals surface area contributed by atoms with E-state index in [0.29, 0.717) is 23.0 Å². The van der Waals surface area contributed by atoms with Gasteiger partial charge in [-0.05, 0) is 44.7 Å². The number of aliphatic hydroxyl groups is 1. The number of pyridine rings is 1. The molecule has 1 aliphatic carbocycles. The van der Waals surface area contributed by atoms with E-state index in [9.17, 15) is 13.9 Å². The van der Waals surface area contributed by atoms with Crippen molar-refractivity contribution in [3.05, 3.63) is 30.3 Å². The number of halogens is 2. The first kappa shape index (κ1) is 18.4. The molecule has 0 saturated heterocycles. The molecule has 140 valence electrons. The summed E-state index contributed by atoms with van der Waals surface area (Å²) in [7, 11) is 0. The van der Waals surface area contributed by atoms with Gasteiger partial charge in [0.1, 0.15) is 12.0 Å². The summed E-state index contributed by atoms with van der Waals surface area (Å²) in [4.78, 5) is 12.5. The van der Waals surface area contributed by atoms with Crippen molar-refractivity contribution in [1.29, 1.82) is 0 Å². The van der Waals surface area contributed by atoms with Crippen molar-refractivity contribution in [1.82, 2.24) is 15.0 Å². The lowest BCUT2D eigenvalue weighted by Crippen LogP contribution is -2.29. The van der Waals surface area contributed by atoms with E-state index in [1.54, 1.807) is 18.3 Å². The topological polar surface area (TPSA) is 83.0 Å². The summed E-state index contributed by atoms with van der Waals surface area (Å²) in [6.45, 7) is 1.55. The van der Waals surface area contributed by atoms with Crippen LogP contribution in [-0.2, 0) is 0 Å². The van der Waals surface area contributed by atoms with Crippen LogP contribution in [0.3, 0.4) is 0 Å². The van der Waals surface area contributed by atoms with Crippen molar-refractivity contribution < 1.29 is 13.9 Å². The maximum absolute atomic E-state index is 13.5. The van der Waals surface area contributed by atoms with Crippen LogP contribution in [0.25, 0.3) is 11.3 Å². The molecule has 2 heterocycles. The van der Waals surface area contributed by atoms with Crippen LogP contribution in [-0.4, -0.2) is 44.9 Å². The Hall–Kier alpha value is -2.35. The number of aliphatic hydroxyl groups excluding tert-OH is 1. The molecule has 2 aromatic rings. The van der Waals surface area contributed by atoms with E-state index in [1.165, 1.54) is 13.0 Å². The van der Waals surface area contributed by atoms with Crippen molar-refractivity contribution in [3.63, 3.8) is 0 Å². The van der Waals surface area contributed by atoms with Gasteiger partial charge in [0.05, 0.1) is 17.4 Å². The maximum Gasteiger partial charge on any atom is 0.224 e. The van der Waals surface area contributed by atoms with Gasteiger partial charge in [-0.1, -0.05) is 6.07 Å². The summed E-state index contributed by atoms with van der Waals surface area (Å²) < 4.78 is 26.6. The highest BCUT2D eigenvalue weighted by Gasteiger charge is 2.21. The van der Waals surface area contributed by atoms with E-state index >= 15 is 0 Å². The molecule has 0 unspecified atom stereocenters. The molecule has 2 aromatic heterocycles. The first-order valence-corrected chi connectivity index (χ1v) is 8.84. The lowest BCUT2D eigenvalue weighted by Gasteiger charge is -2.27. The number of hydrogen-bond donors (Lipinski definition) is 3. The lowest BCUT2D eigenvalue weighted by atomic mass is 9.93. The van der Waals surface area contributed by atoms with E-state index in [1.807, 2.05) is 0 Å². The molecule has 0 radical (unpaired) electrons. The molecule has 1 aliphatic rings. The summed E-state index contributed by atoms with van der Waals surface area (Å²) in [5.41, 5.74) is 1.00. The van der Waals surface area contributed by atoms with E-state index in [2.05, 4.69) is 25.6 Å². The minimum Gasteiger partial charge on any atom is -0.393 e. The zero-order valence-electron chi connectivity index (χ0n) is 14.6. The van der Waals surface area contributed by atoms with Gasteiger partial charge in [-0.25, -0.2) is 14.4 Å². The van der Waals surface area contributed by atoms with Crippen LogP contribution in [0.1, 0.15) is 32.6 Å². The first-order chi connectivity index (χ1) is 12.5. The number of anilines is 2. The molecule has 0 amide bonds. The second kappa shape index (κ2) is 8.35. The molecular weight excluding hydrogens is 340 g/mol. The van der Waals surface area contributed by atoms with Crippen LogP contribution in [0, 0.1) is 5.95 Å². The Morgan fingerprint density at radius 1 is 1.23 bits per heavy atom. The van der Waals surface area contributed by atoms with Gasteiger partial charge in [-0.15, -0.1) is 0 Å². The van der Waals surface area contributed by atoms with Crippen molar-refractivity contribution in [2.24, 2.45) is 0 Å². The molecule has 26 heavy (non-hydrogen) atoms. The monoisotopic (exact) mass is 363 g/mol. The Kier molecular flexibility index (Phi) is 5.92. The standard InChI is InChI=1S/C18H23F2N5O/c1-11(19)9-21-18-22-10-14(15-3-2-4-16(20)24-15)17(25-18)23-12-5-7-13(26)8-6-12/h2-4,10-13,26H,5-9H2,1H3,(H2,21,22,23,25)/t11-,12?,13?/m0/s1. The molecule has 6 nitrogen and oxygen atoms in total. The van der Waals surface area contributed by atoms with Gasteiger partial charge >= 0.3 is 0 Å². The highest BCUT2D eigenvalue weighted by Crippen LogP contribution is 2.29. The fourth-order valence-corrected chi connectivity index (χ4v) is 2.97. The molecule has 0 aromatic carbocycles. The van der Waals surface area contributed by atoms with Crippen LogP contribution in [0.4, 0.5) is 20.5 Å². The highest BCUT2D eigenvalue weighted by atomic mass is 19.1. The van der Waals surface area contributed by atoms with E-state index < -0.39 is 12.1 Å². The molecule has 0 spiro atoms. The second-order valence-corrected chi connectivity index (χ2v) is 6.61. The lowest BCUT2D eigenvalue weighted by molar-refractivity contribution is 0.126. The molecule has 3 N–H and O–H groups in total. The third-order valence-corrected chi connectivity index (χ3v) is 4.36. The van der Waals surface area contributed by atoms with E-state index in [-0.39, 0.29) is 18.7 Å². The molecular formula is C18H23F2N5O. The fourth-order valence-electron chi connectivity index (χ4n) is 2.97. The van der Waals surface area contributed by atoms with Gasteiger partial charge in [0, 0.05) is 18.8 Å². The third kappa shape index (κ3) is 4.85. The van der Waals surface area contributed by atoms with Gasteiger partial charge in [-0.3, -0.25) is 0 Å². The van der Waals surface area contributed by atoms with Crippen LogP contribution >= 0.6 is 0 Å². The average Bonchev–Trinajstić information content (AvgIpc) is 2.62. The zero-order valence-corrected chi connectivity index (χ0v) is 14.6. The van der Waals surface area contributed by atoms with Crippen LogP contribution in [0.2, 0.25) is 0 Å². The summed E-state index contributed by atoms with van der Waals surface area (Å²) in [5.74, 6) is 0.240. The zero-order chi connectivity index (χ0) is 18.5. The quantitative estimate of drug-likeness (QED) is 0.684. The minimum atomic E-state index is -1.03. The van der Waals surface area contributed by atoms with Gasteiger partial charge in [0.2, 0.25) is 11.9 Å². The Bertz CT molecular complexity index is 735. The molecule has 1 saturated carbocycles. The number of hydrogen-bond acceptors (Lipinski definition) is 6. The summed E-state index contributed by atoms with van der Waals surface area (Å²) in [6.07, 6.45) is 3.34. The molecule has 0 aliphatic heterocycles. The summed E-state index contributed by atoms with van der Waals surface area (Å²) >= 11 is 0. The van der Waals surface area contributed by atoms with Crippen LogP contribution < -0.4 is 10.6 Å². The third-order valence-electron chi connectivity index (χ3n) is 4.36. The van der Waals surface area contributed by atoms with Crippen molar-refractivity contribution in [2.45, 2.75) is 50.9 Å². The Labute approximate surface area is 151 Å². The second-order valence-electron chi connectivity index (χ2n) is 6.61. The van der Waals surface area contributed by atoms with Gasteiger partial charge in [0.25, 0.3) is 0 Å². The summed E-state index contributed by atoms with van der Waals surface area (Å²) in [5, 5.41) is 15.9. The smallest absolute Gasteiger partial charge is 0.224 e. The van der Waals surface area contributed by atoms with E-state index in [0.717, 1.165) is 25.7 Å². The highest BCUT2D eigenvalue weighted by molar-refractivity contribution is 5.72. The molecule has 1 fully saturated rings. The van der Waals surface area contributed by atoms with Crippen molar-refractivity contribution in [3.8, 4) is 11.3 Å².